The first-order chi connectivity index (χ1) is 11.7. The Morgan fingerprint density at radius 2 is 1.72 bits per heavy atom. The highest BCUT2D eigenvalue weighted by Gasteiger charge is 2.31. The third-order valence-corrected chi connectivity index (χ3v) is 3.72. The molecule has 0 amide bonds. The quantitative estimate of drug-likeness (QED) is 0.750. The number of benzene rings is 2. The van der Waals surface area contributed by atoms with Crippen LogP contribution in [0.25, 0.3) is 11.1 Å². The van der Waals surface area contributed by atoms with Crippen molar-refractivity contribution in [1.29, 1.82) is 0 Å². The predicted octanol–water partition coefficient (Wildman–Crippen LogP) is 5.47. The van der Waals surface area contributed by atoms with Crippen LogP contribution in [0, 0.1) is 5.92 Å². The van der Waals surface area contributed by atoms with Gasteiger partial charge in [-0.1, -0.05) is 50.2 Å². The Morgan fingerprint density at radius 3 is 2.24 bits per heavy atom. The van der Waals surface area contributed by atoms with Gasteiger partial charge in [0.1, 0.15) is 5.75 Å². The molecular formula is C19H19F3O3. The van der Waals surface area contributed by atoms with Crippen molar-refractivity contribution in [2.45, 2.75) is 32.5 Å². The van der Waals surface area contributed by atoms with Gasteiger partial charge in [-0.3, -0.25) is 4.79 Å². The smallest absolute Gasteiger partial charge is 0.481 e. The largest absolute Gasteiger partial charge is 0.573 e. The van der Waals surface area contributed by atoms with Crippen LogP contribution in [0.3, 0.4) is 0 Å². The topological polar surface area (TPSA) is 46.5 Å². The molecule has 0 aliphatic heterocycles. The summed E-state index contributed by atoms with van der Waals surface area (Å²) < 4.78 is 40.5. The maximum absolute atomic E-state index is 12.2. The Morgan fingerprint density at radius 1 is 1.08 bits per heavy atom. The fourth-order valence-electron chi connectivity index (χ4n) is 2.63. The minimum absolute atomic E-state index is 0.226. The van der Waals surface area contributed by atoms with Gasteiger partial charge >= 0.3 is 12.3 Å². The van der Waals surface area contributed by atoms with E-state index in [1.165, 1.54) is 24.3 Å². The summed E-state index contributed by atoms with van der Waals surface area (Å²) in [5.74, 6) is -1.58. The van der Waals surface area contributed by atoms with Crippen molar-refractivity contribution in [1.82, 2.24) is 0 Å². The molecule has 0 spiro atoms. The van der Waals surface area contributed by atoms with E-state index in [2.05, 4.69) is 4.74 Å². The number of hydrogen-bond donors (Lipinski definition) is 1. The molecule has 1 atom stereocenters. The van der Waals surface area contributed by atoms with Gasteiger partial charge in [-0.2, -0.15) is 0 Å². The van der Waals surface area contributed by atoms with Crippen molar-refractivity contribution in [3.8, 4) is 16.9 Å². The van der Waals surface area contributed by atoms with Crippen molar-refractivity contribution < 1.29 is 27.8 Å². The van der Waals surface area contributed by atoms with Crippen LogP contribution in [0.1, 0.15) is 31.7 Å². The maximum atomic E-state index is 12.2. The zero-order valence-electron chi connectivity index (χ0n) is 13.9. The lowest BCUT2D eigenvalue weighted by Gasteiger charge is -2.16. The van der Waals surface area contributed by atoms with Gasteiger partial charge < -0.3 is 9.84 Å². The van der Waals surface area contributed by atoms with Crippen molar-refractivity contribution >= 4 is 5.97 Å². The number of ether oxygens (including phenoxy) is 1. The molecule has 0 saturated carbocycles. The molecule has 2 aromatic rings. The van der Waals surface area contributed by atoms with Crippen molar-refractivity contribution in [2.24, 2.45) is 5.92 Å². The zero-order chi connectivity index (χ0) is 18.6. The third-order valence-electron chi connectivity index (χ3n) is 3.72. The zero-order valence-corrected chi connectivity index (χ0v) is 13.9. The first kappa shape index (κ1) is 18.8. The fraction of sp³-hybridized carbons (Fsp3) is 0.316. The normalized spacial score (nSPS) is 12.9. The first-order valence-corrected chi connectivity index (χ1v) is 7.84. The van der Waals surface area contributed by atoms with Crippen molar-refractivity contribution in [2.75, 3.05) is 0 Å². The molecule has 0 aliphatic rings. The monoisotopic (exact) mass is 352 g/mol. The SMILES string of the molecule is CC(C)CC(C(=O)O)c1cccc(-c2ccc(OC(F)(F)F)cc2)c1. The molecule has 0 heterocycles. The average Bonchev–Trinajstić information content (AvgIpc) is 2.51. The number of carboxylic acid groups (broad SMARTS) is 1. The molecule has 25 heavy (non-hydrogen) atoms. The van der Waals surface area contributed by atoms with E-state index < -0.39 is 18.2 Å². The Bertz CT molecular complexity index is 721. The van der Waals surface area contributed by atoms with Crippen LogP contribution >= 0.6 is 0 Å². The van der Waals surface area contributed by atoms with Gasteiger partial charge in [0.05, 0.1) is 5.92 Å². The standard InChI is InChI=1S/C19H19F3O3/c1-12(2)10-17(18(23)24)15-5-3-4-14(11-15)13-6-8-16(9-7-13)25-19(20,21)22/h3-9,11-12,17H,10H2,1-2H3,(H,23,24). The summed E-state index contributed by atoms with van der Waals surface area (Å²) in [5.41, 5.74) is 2.10. The molecule has 0 radical (unpaired) electrons. The number of carbonyl (C=O) groups is 1. The molecule has 1 unspecified atom stereocenters. The van der Waals surface area contributed by atoms with Crippen LogP contribution in [0.15, 0.2) is 48.5 Å². The summed E-state index contributed by atoms with van der Waals surface area (Å²) in [4.78, 5) is 11.5. The maximum Gasteiger partial charge on any atom is 0.573 e. The third kappa shape index (κ3) is 5.52. The number of halogens is 3. The first-order valence-electron chi connectivity index (χ1n) is 7.84. The van der Waals surface area contributed by atoms with Crippen LogP contribution in [-0.2, 0) is 4.79 Å². The molecule has 0 aliphatic carbocycles. The Kier molecular flexibility index (Phi) is 5.72. The lowest BCUT2D eigenvalue weighted by Crippen LogP contribution is -2.16. The summed E-state index contributed by atoms with van der Waals surface area (Å²) in [5, 5.41) is 9.46. The van der Waals surface area contributed by atoms with E-state index in [9.17, 15) is 23.1 Å². The summed E-state index contributed by atoms with van der Waals surface area (Å²) in [7, 11) is 0. The van der Waals surface area contributed by atoms with Crippen molar-refractivity contribution in [3.05, 3.63) is 54.1 Å². The van der Waals surface area contributed by atoms with E-state index >= 15 is 0 Å². The molecule has 2 rings (SSSR count). The molecule has 134 valence electrons. The second-order valence-electron chi connectivity index (χ2n) is 6.22. The number of rotatable bonds is 6. The van der Waals surface area contributed by atoms with Crippen LogP contribution in [0.2, 0.25) is 0 Å². The fourth-order valence-corrected chi connectivity index (χ4v) is 2.63. The molecule has 1 N–H and O–H groups in total. The Hall–Kier alpha value is -2.50. The summed E-state index contributed by atoms with van der Waals surface area (Å²) >= 11 is 0. The predicted molar refractivity (Wildman–Crippen MR) is 88.4 cm³/mol. The van der Waals surface area contributed by atoms with Gasteiger partial charge in [0.15, 0.2) is 0 Å². The van der Waals surface area contributed by atoms with Gasteiger partial charge in [0, 0.05) is 0 Å². The molecule has 2 aromatic carbocycles. The molecule has 0 saturated heterocycles. The second-order valence-corrected chi connectivity index (χ2v) is 6.22. The van der Waals surface area contributed by atoms with Gasteiger partial charge in [-0.25, -0.2) is 0 Å². The van der Waals surface area contributed by atoms with E-state index in [-0.39, 0.29) is 11.7 Å². The molecule has 6 heteroatoms. The van der Waals surface area contributed by atoms with Crippen LogP contribution in [0.5, 0.6) is 5.75 Å². The Balaban J connectivity index is 2.27. The number of alkyl halides is 3. The van der Waals surface area contributed by atoms with E-state index in [1.807, 2.05) is 13.8 Å². The van der Waals surface area contributed by atoms with Gasteiger partial charge in [-0.15, -0.1) is 13.2 Å². The molecule has 3 nitrogen and oxygen atoms in total. The van der Waals surface area contributed by atoms with Gasteiger partial charge in [0.25, 0.3) is 0 Å². The Labute approximate surface area is 144 Å². The van der Waals surface area contributed by atoms with Crippen LogP contribution in [-0.4, -0.2) is 17.4 Å². The summed E-state index contributed by atoms with van der Waals surface area (Å²) in [6.07, 6.45) is -4.22. The number of hydrogen-bond acceptors (Lipinski definition) is 2. The van der Waals surface area contributed by atoms with Crippen LogP contribution < -0.4 is 4.74 Å². The minimum Gasteiger partial charge on any atom is -0.481 e. The average molecular weight is 352 g/mol. The second kappa shape index (κ2) is 7.59. The van der Waals surface area contributed by atoms with E-state index in [4.69, 9.17) is 0 Å². The number of aliphatic carboxylic acids is 1. The molecule has 0 bridgehead atoms. The number of carboxylic acids is 1. The van der Waals surface area contributed by atoms with Gasteiger partial charge in [0.2, 0.25) is 0 Å². The highest BCUT2D eigenvalue weighted by atomic mass is 19.4. The summed E-state index contributed by atoms with van der Waals surface area (Å²) in [6.45, 7) is 3.92. The summed E-state index contributed by atoms with van der Waals surface area (Å²) in [6, 6.07) is 12.6. The van der Waals surface area contributed by atoms with E-state index in [1.54, 1.807) is 24.3 Å². The van der Waals surface area contributed by atoms with E-state index in [0.717, 1.165) is 5.56 Å². The molecular weight excluding hydrogens is 333 g/mol. The molecule has 0 aromatic heterocycles. The van der Waals surface area contributed by atoms with E-state index in [0.29, 0.717) is 17.5 Å². The molecule has 0 fully saturated rings. The highest BCUT2D eigenvalue weighted by Crippen LogP contribution is 2.30. The van der Waals surface area contributed by atoms with Gasteiger partial charge in [-0.05, 0) is 41.2 Å². The van der Waals surface area contributed by atoms with Crippen LogP contribution in [0.4, 0.5) is 13.2 Å². The lowest BCUT2D eigenvalue weighted by atomic mass is 9.89. The van der Waals surface area contributed by atoms with Crippen molar-refractivity contribution in [3.63, 3.8) is 0 Å². The minimum atomic E-state index is -4.73. The lowest BCUT2D eigenvalue weighted by molar-refractivity contribution is -0.274. The highest BCUT2D eigenvalue weighted by molar-refractivity contribution is 5.77.